The first kappa shape index (κ1) is 11.9. The minimum Gasteiger partial charge on any atom is -0.490 e. The number of nitro groups is 1. The molecular weight excluding hydrogens is 234 g/mol. The van der Waals surface area contributed by atoms with Crippen LogP contribution in [0.2, 0.25) is 0 Å². The summed E-state index contributed by atoms with van der Waals surface area (Å²) in [4.78, 5) is 10.2. The second-order valence-electron chi connectivity index (χ2n) is 3.51. The first-order valence-electron chi connectivity index (χ1n) is 5.26. The molecule has 2 aromatic rings. The van der Waals surface area contributed by atoms with E-state index in [1.165, 1.54) is 25.3 Å². The van der Waals surface area contributed by atoms with E-state index in [9.17, 15) is 10.1 Å². The highest BCUT2D eigenvalue weighted by molar-refractivity contribution is 5.51. The zero-order valence-corrected chi connectivity index (χ0v) is 9.70. The molecule has 0 atom stereocenters. The van der Waals surface area contributed by atoms with E-state index in [-0.39, 0.29) is 11.4 Å². The molecule has 0 radical (unpaired) electrons. The third-order valence-electron chi connectivity index (χ3n) is 2.33. The molecule has 0 heterocycles. The summed E-state index contributed by atoms with van der Waals surface area (Å²) in [7, 11) is 1.38. The molecule has 18 heavy (non-hydrogen) atoms. The van der Waals surface area contributed by atoms with Gasteiger partial charge in [-0.25, -0.2) is 0 Å². The van der Waals surface area contributed by atoms with Gasteiger partial charge < -0.3 is 9.47 Å². The van der Waals surface area contributed by atoms with E-state index in [4.69, 9.17) is 9.47 Å². The molecule has 0 spiro atoms. The van der Waals surface area contributed by atoms with Gasteiger partial charge in [0.05, 0.1) is 12.0 Å². The van der Waals surface area contributed by atoms with Crippen LogP contribution in [0.1, 0.15) is 0 Å². The van der Waals surface area contributed by atoms with Crippen molar-refractivity contribution in [2.45, 2.75) is 0 Å². The van der Waals surface area contributed by atoms with Gasteiger partial charge in [0.15, 0.2) is 0 Å². The van der Waals surface area contributed by atoms with Gasteiger partial charge in [0.2, 0.25) is 5.75 Å². The van der Waals surface area contributed by atoms with Crippen LogP contribution >= 0.6 is 0 Å². The summed E-state index contributed by atoms with van der Waals surface area (Å²) in [6.45, 7) is 0. The molecule has 0 aliphatic heterocycles. The quantitative estimate of drug-likeness (QED) is 0.611. The van der Waals surface area contributed by atoms with Crippen LogP contribution in [0.15, 0.2) is 48.5 Å². The van der Waals surface area contributed by atoms with Crippen molar-refractivity contribution in [1.82, 2.24) is 0 Å². The van der Waals surface area contributed by atoms with Crippen molar-refractivity contribution in [2.75, 3.05) is 7.11 Å². The van der Waals surface area contributed by atoms with Gasteiger partial charge >= 0.3 is 5.69 Å². The van der Waals surface area contributed by atoms with Crippen LogP contribution in [0, 0.1) is 10.1 Å². The molecule has 5 heteroatoms. The number of nitro benzene ring substituents is 1. The highest BCUT2D eigenvalue weighted by Crippen LogP contribution is 2.32. The van der Waals surface area contributed by atoms with E-state index in [2.05, 4.69) is 0 Å². The zero-order valence-electron chi connectivity index (χ0n) is 9.70. The molecule has 5 nitrogen and oxygen atoms in total. The maximum atomic E-state index is 10.7. The molecule has 0 saturated heterocycles. The van der Waals surface area contributed by atoms with Gasteiger partial charge in [0, 0.05) is 12.1 Å². The maximum Gasteiger partial charge on any atom is 0.311 e. The third kappa shape index (κ3) is 2.57. The predicted molar refractivity (Wildman–Crippen MR) is 66.2 cm³/mol. The van der Waals surface area contributed by atoms with Crippen LogP contribution in [-0.2, 0) is 0 Å². The Kier molecular flexibility index (Phi) is 3.43. The van der Waals surface area contributed by atoms with E-state index >= 15 is 0 Å². The predicted octanol–water partition coefficient (Wildman–Crippen LogP) is 3.40. The number of ether oxygens (including phenoxy) is 2. The smallest absolute Gasteiger partial charge is 0.311 e. The van der Waals surface area contributed by atoms with Crippen molar-refractivity contribution in [3.8, 4) is 17.2 Å². The van der Waals surface area contributed by atoms with Crippen molar-refractivity contribution in [3.05, 3.63) is 58.6 Å². The topological polar surface area (TPSA) is 61.6 Å². The van der Waals surface area contributed by atoms with Crippen molar-refractivity contribution in [2.24, 2.45) is 0 Å². The van der Waals surface area contributed by atoms with Crippen LogP contribution in [0.25, 0.3) is 0 Å². The fourth-order valence-electron chi connectivity index (χ4n) is 1.50. The van der Waals surface area contributed by atoms with Gasteiger partial charge in [-0.05, 0) is 18.2 Å². The second kappa shape index (κ2) is 5.18. The lowest BCUT2D eigenvalue weighted by molar-refractivity contribution is -0.385. The number of methoxy groups -OCH3 is 1. The molecule has 92 valence electrons. The first-order valence-corrected chi connectivity index (χ1v) is 5.26. The fourth-order valence-corrected chi connectivity index (χ4v) is 1.50. The number of hydrogen-bond acceptors (Lipinski definition) is 4. The SMILES string of the molecule is COc1cc(Oc2ccccc2)ccc1[N+](=O)[O-]. The Morgan fingerprint density at radius 1 is 1.06 bits per heavy atom. The summed E-state index contributed by atoms with van der Waals surface area (Å²) < 4.78 is 10.5. The summed E-state index contributed by atoms with van der Waals surface area (Å²) in [5, 5.41) is 10.7. The first-order chi connectivity index (χ1) is 8.70. The molecule has 0 fully saturated rings. The van der Waals surface area contributed by atoms with Crippen molar-refractivity contribution in [3.63, 3.8) is 0 Å². The Hall–Kier alpha value is -2.56. The van der Waals surface area contributed by atoms with Crippen LogP contribution in [0.5, 0.6) is 17.2 Å². The van der Waals surface area contributed by atoms with E-state index in [1.807, 2.05) is 18.2 Å². The molecule has 0 unspecified atom stereocenters. The van der Waals surface area contributed by atoms with Gasteiger partial charge in [0.1, 0.15) is 11.5 Å². The van der Waals surface area contributed by atoms with E-state index < -0.39 is 4.92 Å². The molecule has 0 amide bonds. The summed E-state index contributed by atoms with van der Waals surface area (Å²) >= 11 is 0. The van der Waals surface area contributed by atoms with Gasteiger partial charge in [-0.2, -0.15) is 0 Å². The molecule has 0 N–H and O–H groups in total. The van der Waals surface area contributed by atoms with Gasteiger partial charge in [0.25, 0.3) is 0 Å². The Bertz CT molecular complexity index is 554. The van der Waals surface area contributed by atoms with Gasteiger partial charge in [-0.15, -0.1) is 0 Å². The van der Waals surface area contributed by atoms with E-state index in [0.29, 0.717) is 11.5 Å². The van der Waals surface area contributed by atoms with Gasteiger partial charge in [-0.1, -0.05) is 18.2 Å². The molecule has 0 aliphatic carbocycles. The Morgan fingerprint density at radius 2 is 1.78 bits per heavy atom. The van der Waals surface area contributed by atoms with Gasteiger partial charge in [-0.3, -0.25) is 10.1 Å². The van der Waals surface area contributed by atoms with E-state index in [0.717, 1.165) is 0 Å². The Morgan fingerprint density at radius 3 is 2.39 bits per heavy atom. The van der Waals surface area contributed by atoms with Crippen molar-refractivity contribution < 1.29 is 14.4 Å². The maximum absolute atomic E-state index is 10.7. The average molecular weight is 245 g/mol. The summed E-state index contributed by atoms with van der Waals surface area (Å²) in [5.41, 5.74) is -0.0853. The molecule has 0 saturated carbocycles. The summed E-state index contributed by atoms with van der Waals surface area (Å²) in [5.74, 6) is 1.32. The third-order valence-corrected chi connectivity index (χ3v) is 2.33. The number of benzene rings is 2. The Labute approximate surface area is 104 Å². The van der Waals surface area contributed by atoms with Crippen molar-refractivity contribution >= 4 is 5.69 Å². The number of hydrogen-bond donors (Lipinski definition) is 0. The molecule has 0 bridgehead atoms. The average Bonchev–Trinajstić information content (AvgIpc) is 2.39. The molecule has 2 rings (SSSR count). The number of nitrogens with zero attached hydrogens (tertiary/aromatic N) is 1. The zero-order chi connectivity index (χ0) is 13.0. The summed E-state index contributed by atoms with van der Waals surface area (Å²) in [6, 6.07) is 13.6. The number of para-hydroxylation sites is 1. The largest absolute Gasteiger partial charge is 0.490 e. The summed E-state index contributed by atoms with van der Waals surface area (Å²) in [6.07, 6.45) is 0. The normalized spacial score (nSPS) is 9.83. The standard InChI is InChI=1S/C13H11NO4/c1-17-13-9-11(7-8-12(13)14(15)16)18-10-5-3-2-4-6-10/h2-9H,1H3. The lowest BCUT2D eigenvalue weighted by atomic mass is 10.2. The fraction of sp³-hybridized carbons (Fsp3) is 0.0769. The molecule has 0 aromatic heterocycles. The second-order valence-corrected chi connectivity index (χ2v) is 3.51. The molecule has 2 aromatic carbocycles. The molecular formula is C13H11NO4. The number of rotatable bonds is 4. The minimum absolute atomic E-state index is 0.0853. The highest BCUT2D eigenvalue weighted by Gasteiger charge is 2.15. The van der Waals surface area contributed by atoms with Crippen LogP contribution in [0.3, 0.4) is 0 Å². The lowest BCUT2D eigenvalue weighted by Crippen LogP contribution is -1.94. The van der Waals surface area contributed by atoms with Crippen molar-refractivity contribution in [1.29, 1.82) is 0 Å². The van der Waals surface area contributed by atoms with Crippen LogP contribution < -0.4 is 9.47 Å². The Balaban J connectivity index is 2.28. The minimum atomic E-state index is -0.495. The van der Waals surface area contributed by atoms with E-state index in [1.54, 1.807) is 12.1 Å². The molecule has 0 aliphatic rings. The highest BCUT2D eigenvalue weighted by atomic mass is 16.6. The van der Waals surface area contributed by atoms with Crippen LogP contribution in [-0.4, -0.2) is 12.0 Å². The monoisotopic (exact) mass is 245 g/mol. The van der Waals surface area contributed by atoms with Crippen LogP contribution in [0.4, 0.5) is 5.69 Å². The lowest BCUT2D eigenvalue weighted by Gasteiger charge is -2.07.